The zero-order valence-electron chi connectivity index (χ0n) is 31.9. The summed E-state index contributed by atoms with van der Waals surface area (Å²) in [6.45, 7) is 12.8. The Morgan fingerprint density at radius 3 is 2.15 bits per heavy atom. The van der Waals surface area contributed by atoms with Gasteiger partial charge in [-0.15, -0.1) is 0 Å². The van der Waals surface area contributed by atoms with Crippen molar-refractivity contribution in [2.24, 2.45) is 35.0 Å². The van der Waals surface area contributed by atoms with E-state index in [-0.39, 0.29) is 41.7 Å². The second-order valence-electron chi connectivity index (χ2n) is 17.2. The maximum absolute atomic E-state index is 14.7. The standard InChI is InChI=1S/C38H60N6O8/c1-8-24-25-17-14-22-18-44(29(26(22)25)34(48)42-28(24)30(45)35(49)40-23-15-16-23)36(50)31(38(5,6)7)43-33(47)27(21-12-10-9-11-13-21)41-32(46)20(4)39-37(51)52-19(2)3/h19-29,31H,8-18H2,1-7H3,(H,39,51)(H,40,49)(H,41,46)(H,42,48)(H,43,47)/t20-,22+,24?,25?,26-,27+,28+,29+,31-/m1/s1. The molecule has 52 heavy (non-hydrogen) atoms. The van der Waals surface area contributed by atoms with Crippen molar-refractivity contribution in [1.29, 1.82) is 0 Å². The predicted octanol–water partition coefficient (Wildman–Crippen LogP) is 2.33. The molecule has 2 heterocycles. The quantitative estimate of drug-likeness (QED) is 0.189. The first-order valence-electron chi connectivity index (χ1n) is 19.5. The van der Waals surface area contributed by atoms with Gasteiger partial charge >= 0.3 is 6.09 Å². The fraction of sp³-hybridized carbons (Fsp3) is 0.816. The number of nitrogens with one attached hydrogen (secondary N) is 5. The van der Waals surface area contributed by atoms with Crippen LogP contribution in [0, 0.1) is 35.0 Å². The fourth-order valence-corrected chi connectivity index (χ4v) is 9.16. The molecule has 5 fully saturated rings. The minimum Gasteiger partial charge on any atom is -0.447 e. The molecule has 0 aromatic carbocycles. The summed E-state index contributed by atoms with van der Waals surface area (Å²) >= 11 is 0. The number of carbonyl (C=O) groups is 7. The second kappa shape index (κ2) is 16.1. The Morgan fingerprint density at radius 1 is 0.885 bits per heavy atom. The van der Waals surface area contributed by atoms with Crippen molar-refractivity contribution in [2.45, 2.75) is 155 Å². The normalized spacial score (nSPS) is 29.2. The molecule has 5 aliphatic rings. The summed E-state index contributed by atoms with van der Waals surface area (Å²) in [6, 6.07) is -4.75. The average Bonchev–Trinajstić information content (AvgIpc) is 3.71. The minimum absolute atomic E-state index is 0.00511. The van der Waals surface area contributed by atoms with Gasteiger partial charge in [-0.25, -0.2) is 4.79 Å². The first-order valence-corrected chi connectivity index (χ1v) is 19.5. The molecule has 9 atom stereocenters. The highest BCUT2D eigenvalue weighted by molar-refractivity contribution is 6.38. The first kappa shape index (κ1) is 39.5. The van der Waals surface area contributed by atoms with Gasteiger partial charge in [0.1, 0.15) is 30.2 Å². The van der Waals surface area contributed by atoms with E-state index in [0.29, 0.717) is 13.0 Å². The third-order valence-corrected chi connectivity index (χ3v) is 11.9. The number of alkyl carbamates (subject to hydrolysis) is 1. The lowest BCUT2D eigenvalue weighted by molar-refractivity contribution is -0.146. The Balaban J connectivity index is 1.36. The first-order chi connectivity index (χ1) is 24.5. The summed E-state index contributed by atoms with van der Waals surface area (Å²) < 4.78 is 5.12. The van der Waals surface area contributed by atoms with Crippen LogP contribution in [0.3, 0.4) is 0 Å². The molecule has 5 rings (SSSR count). The highest BCUT2D eigenvalue weighted by Crippen LogP contribution is 2.52. The van der Waals surface area contributed by atoms with Crippen LogP contribution in [-0.4, -0.2) is 95.2 Å². The van der Waals surface area contributed by atoms with Crippen molar-refractivity contribution in [3.8, 4) is 0 Å². The summed E-state index contributed by atoms with van der Waals surface area (Å²) in [7, 11) is 0. The molecule has 0 spiro atoms. The van der Waals surface area contributed by atoms with Gasteiger partial charge in [0.15, 0.2) is 0 Å². The smallest absolute Gasteiger partial charge is 0.408 e. The van der Waals surface area contributed by atoms with Crippen molar-refractivity contribution in [3.05, 3.63) is 0 Å². The lowest BCUT2D eigenvalue weighted by Gasteiger charge is -2.38. The van der Waals surface area contributed by atoms with Gasteiger partial charge in [0.25, 0.3) is 5.91 Å². The topological polar surface area (TPSA) is 192 Å². The van der Waals surface area contributed by atoms with Crippen LogP contribution in [0.4, 0.5) is 4.79 Å². The number of Topliss-reactive ketones (excluding diaryl/α,β-unsaturated/α-hetero) is 1. The third kappa shape index (κ3) is 8.73. The summed E-state index contributed by atoms with van der Waals surface area (Å²) in [6.07, 6.45) is 7.04. The van der Waals surface area contributed by atoms with Gasteiger partial charge in [0.05, 0.1) is 6.10 Å². The van der Waals surface area contributed by atoms with Crippen LogP contribution in [0.15, 0.2) is 0 Å². The fourth-order valence-electron chi connectivity index (χ4n) is 9.16. The monoisotopic (exact) mass is 728 g/mol. The number of rotatable bonds is 12. The Hall–Kier alpha value is -3.71. The molecule has 3 saturated carbocycles. The maximum atomic E-state index is 14.7. The van der Waals surface area contributed by atoms with Crippen LogP contribution >= 0.6 is 0 Å². The van der Waals surface area contributed by atoms with Crippen LogP contribution in [0.2, 0.25) is 0 Å². The van der Waals surface area contributed by atoms with Gasteiger partial charge in [-0.05, 0) is 94.3 Å². The number of carbonyl (C=O) groups excluding carboxylic acids is 7. The molecular formula is C38H60N6O8. The summed E-state index contributed by atoms with van der Waals surface area (Å²) in [4.78, 5) is 96.6. The zero-order chi connectivity index (χ0) is 38.1. The number of ketones is 1. The maximum Gasteiger partial charge on any atom is 0.408 e. The lowest BCUT2D eigenvalue weighted by Crippen LogP contribution is -2.62. The molecule has 2 aliphatic heterocycles. The molecule has 3 aliphatic carbocycles. The van der Waals surface area contributed by atoms with E-state index in [9.17, 15) is 33.6 Å². The molecule has 0 aromatic heterocycles. The summed E-state index contributed by atoms with van der Waals surface area (Å²) in [5.41, 5.74) is -0.771. The minimum atomic E-state index is -1.03. The highest BCUT2D eigenvalue weighted by Gasteiger charge is 2.60. The highest BCUT2D eigenvalue weighted by atomic mass is 16.6. The number of likely N-dealkylation sites (tertiary alicyclic amines) is 1. The van der Waals surface area contributed by atoms with Crippen molar-refractivity contribution in [3.63, 3.8) is 0 Å². The molecule has 14 heteroatoms. The Kier molecular flexibility index (Phi) is 12.2. The van der Waals surface area contributed by atoms with E-state index in [2.05, 4.69) is 26.6 Å². The van der Waals surface area contributed by atoms with Crippen molar-refractivity contribution in [1.82, 2.24) is 31.5 Å². The summed E-state index contributed by atoms with van der Waals surface area (Å²) in [5.74, 6) is -3.72. The molecule has 5 N–H and O–H groups in total. The van der Waals surface area contributed by atoms with Crippen LogP contribution in [0.25, 0.3) is 0 Å². The molecule has 0 bridgehead atoms. The van der Waals surface area contributed by atoms with E-state index in [4.69, 9.17) is 4.74 Å². The van der Waals surface area contributed by atoms with E-state index in [1.165, 1.54) is 6.92 Å². The largest absolute Gasteiger partial charge is 0.447 e. The van der Waals surface area contributed by atoms with Gasteiger partial charge in [0, 0.05) is 12.6 Å². The van der Waals surface area contributed by atoms with E-state index < -0.39 is 77.0 Å². The zero-order valence-corrected chi connectivity index (χ0v) is 31.9. The average molecular weight is 729 g/mol. The van der Waals surface area contributed by atoms with Crippen LogP contribution in [0.1, 0.15) is 113 Å². The Morgan fingerprint density at radius 2 is 1.56 bits per heavy atom. The molecule has 2 saturated heterocycles. The molecule has 290 valence electrons. The Labute approximate surface area is 307 Å². The van der Waals surface area contributed by atoms with E-state index in [1.807, 2.05) is 27.7 Å². The third-order valence-electron chi connectivity index (χ3n) is 11.9. The SMILES string of the molecule is CCC1C2CC[C@H]3CN(C(=O)[C@@H](NC(=O)[C@@H](NC(=O)[C@@H](C)NC(=O)OC(C)C)C4CCCCC4)C(C)(C)C)[C@H](C(=O)N[C@@H]1C(=O)C(=O)NC1CC1)[C@@H]23. The predicted molar refractivity (Wildman–Crippen MR) is 191 cm³/mol. The van der Waals surface area contributed by atoms with Crippen molar-refractivity contribution >= 4 is 41.4 Å². The van der Waals surface area contributed by atoms with Crippen molar-refractivity contribution in [2.75, 3.05) is 6.54 Å². The number of nitrogens with zero attached hydrogens (tertiary/aromatic N) is 1. The molecule has 14 nitrogen and oxygen atoms in total. The van der Waals surface area contributed by atoms with Gasteiger partial charge < -0.3 is 36.2 Å². The molecule has 0 aromatic rings. The number of hydrogen-bond acceptors (Lipinski definition) is 8. The summed E-state index contributed by atoms with van der Waals surface area (Å²) in [5, 5.41) is 14.1. The van der Waals surface area contributed by atoms with E-state index in [1.54, 1.807) is 18.7 Å². The van der Waals surface area contributed by atoms with Crippen LogP contribution < -0.4 is 26.6 Å². The van der Waals surface area contributed by atoms with E-state index in [0.717, 1.165) is 57.8 Å². The van der Waals surface area contributed by atoms with Gasteiger partial charge in [0.2, 0.25) is 29.4 Å². The Bertz CT molecular complexity index is 1400. The molecular weight excluding hydrogens is 668 g/mol. The van der Waals surface area contributed by atoms with Gasteiger partial charge in [-0.2, -0.15) is 0 Å². The van der Waals surface area contributed by atoms with Crippen LogP contribution in [0.5, 0.6) is 0 Å². The number of amides is 6. The van der Waals surface area contributed by atoms with E-state index >= 15 is 0 Å². The van der Waals surface area contributed by atoms with Gasteiger partial charge in [-0.3, -0.25) is 28.8 Å². The van der Waals surface area contributed by atoms with Gasteiger partial charge in [-0.1, -0.05) is 53.4 Å². The number of ether oxygens (including phenoxy) is 1. The number of hydrogen-bond donors (Lipinski definition) is 5. The second-order valence-corrected chi connectivity index (χ2v) is 17.2. The molecule has 6 amide bonds. The lowest BCUT2D eigenvalue weighted by atomic mass is 9.75. The molecule has 0 radical (unpaired) electrons. The molecule has 2 unspecified atom stereocenters. The van der Waals surface area contributed by atoms with Crippen LogP contribution in [-0.2, 0) is 33.5 Å². The van der Waals surface area contributed by atoms with Crippen molar-refractivity contribution < 1.29 is 38.3 Å².